The van der Waals surface area contributed by atoms with Crippen LogP contribution < -0.4 is 5.32 Å². The number of rotatable bonds is 1. The molecule has 0 aliphatic carbocycles. The van der Waals surface area contributed by atoms with Crippen molar-refractivity contribution in [1.29, 1.82) is 0 Å². The normalized spacial score (nSPS) is 16.8. The Hall–Kier alpha value is -2.34. The van der Waals surface area contributed by atoms with Gasteiger partial charge in [-0.2, -0.15) is 0 Å². The molecule has 0 spiro atoms. The van der Waals surface area contributed by atoms with E-state index in [0.717, 1.165) is 42.8 Å². The molecule has 2 aliphatic rings. The average molecular weight is 295 g/mol. The summed E-state index contributed by atoms with van der Waals surface area (Å²) in [6.45, 7) is 2.92. The van der Waals surface area contributed by atoms with Crippen LogP contribution in [0.2, 0.25) is 0 Å². The van der Waals surface area contributed by atoms with Gasteiger partial charge in [0.05, 0.1) is 5.69 Å². The van der Waals surface area contributed by atoms with Crippen molar-refractivity contribution in [3.05, 3.63) is 52.9 Å². The minimum atomic E-state index is 0.00931. The number of pyridine rings is 1. The zero-order chi connectivity index (χ0) is 14.9. The first-order valence-corrected chi connectivity index (χ1v) is 7.57. The molecule has 0 aromatic carbocycles. The molecule has 0 fully saturated rings. The highest BCUT2D eigenvalue weighted by atomic mass is 16.2. The predicted octanol–water partition coefficient (Wildman–Crippen LogP) is 0.716. The zero-order valence-electron chi connectivity index (χ0n) is 12.2. The lowest BCUT2D eigenvalue weighted by Crippen LogP contribution is -2.38. The highest BCUT2D eigenvalue weighted by molar-refractivity contribution is 5.94. The van der Waals surface area contributed by atoms with Crippen molar-refractivity contribution in [2.45, 2.75) is 25.9 Å². The van der Waals surface area contributed by atoms with Crippen molar-refractivity contribution in [1.82, 2.24) is 25.2 Å². The molecule has 6 nitrogen and oxygen atoms in total. The molecule has 2 aromatic heterocycles. The second-order valence-corrected chi connectivity index (χ2v) is 5.70. The van der Waals surface area contributed by atoms with Crippen LogP contribution in [0.25, 0.3) is 0 Å². The quantitative estimate of drug-likeness (QED) is 0.839. The van der Waals surface area contributed by atoms with Crippen LogP contribution in [0, 0.1) is 0 Å². The Kier molecular flexibility index (Phi) is 3.31. The minimum absolute atomic E-state index is 0.00931. The number of nitrogens with zero attached hydrogens (tertiary/aromatic N) is 4. The number of amides is 1. The van der Waals surface area contributed by atoms with E-state index in [2.05, 4.69) is 20.3 Å². The zero-order valence-corrected chi connectivity index (χ0v) is 12.2. The van der Waals surface area contributed by atoms with Crippen LogP contribution in [0.1, 0.15) is 32.9 Å². The standard InChI is InChI=1S/C16H17N5O/c22-16(15-13-8-17-4-1-11(13)2-5-19-15)21-6-3-14-12(9-21)7-18-10-20-14/h2,5,7,10,17H,1,3-4,6,8-9H2. The second-order valence-electron chi connectivity index (χ2n) is 5.70. The van der Waals surface area contributed by atoms with Gasteiger partial charge in [0.25, 0.3) is 5.91 Å². The third-order valence-electron chi connectivity index (χ3n) is 4.38. The number of hydrogen-bond donors (Lipinski definition) is 1. The number of carbonyl (C=O) groups is 1. The van der Waals surface area contributed by atoms with Crippen molar-refractivity contribution >= 4 is 5.91 Å². The first-order valence-electron chi connectivity index (χ1n) is 7.57. The summed E-state index contributed by atoms with van der Waals surface area (Å²) < 4.78 is 0. The van der Waals surface area contributed by atoms with Crippen LogP contribution >= 0.6 is 0 Å². The topological polar surface area (TPSA) is 71.0 Å². The first kappa shape index (κ1) is 13.3. The molecule has 4 heterocycles. The number of hydrogen-bond acceptors (Lipinski definition) is 5. The lowest BCUT2D eigenvalue weighted by atomic mass is 9.99. The summed E-state index contributed by atoms with van der Waals surface area (Å²) in [5.74, 6) is 0.00931. The van der Waals surface area contributed by atoms with Crippen molar-refractivity contribution in [3.8, 4) is 0 Å². The van der Waals surface area contributed by atoms with E-state index in [1.54, 1.807) is 18.7 Å². The van der Waals surface area contributed by atoms with Crippen LogP contribution in [0.3, 0.4) is 0 Å². The molecule has 1 N–H and O–H groups in total. The van der Waals surface area contributed by atoms with Gasteiger partial charge in [0.1, 0.15) is 12.0 Å². The van der Waals surface area contributed by atoms with Gasteiger partial charge in [-0.25, -0.2) is 9.97 Å². The van der Waals surface area contributed by atoms with Crippen molar-refractivity contribution in [2.75, 3.05) is 13.1 Å². The minimum Gasteiger partial charge on any atom is -0.332 e. The molecule has 0 unspecified atom stereocenters. The molecule has 1 amide bonds. The van der Waals surface area contributed by atoms with E-state index in [0.29, 0.717) is 18.8 Å². The molecule has 0 saturated heterocycles. The second kappa shape index (κ2) is 5.46. The maximum absolute atomic E-state index is 12.9. The summed E-state index contributed by atoms with van der Waals surface area (Å²) >= 11 is 0. The highest BCUT2D eigenvalue weighted by Crippen LogP contribution is 2.21. The van der Waals surface area contributed by atoms with Gasteiger partial charge in [-0.05, 0) is 24.6 Å². The van der Waals surface area contributed by atoms with E-state index < -0.39 is 0 Å². The molecule has 6 heteroatoms. The molecule has 112 valence electrons. The molecular weight excluding hydrogens is 278 g/mol. The first-order chi connectivity index (χ1) is 10.8. The van der Waals surface area contributed by atoms with Crippen molar-refractivity contribution < 1.29 is 4.79 Å². The van der Waals surface area contributed by atoms with Crippen LogP contribution in [0.5, 0.6) is 0 Å². The highest BCUT2D eigenvalue weighted by Gasteiger charge is 2.26. The van der Waals surface area contributed by atoms with Gasteiger partial charge in [0, 0.05) is 49.6 Å². The Bertz CT molecular complexity index is 730. The van der Waals surface area contributed by atoms with Crippen LogP contribution in [0.15, 0.2) is 24.8 Å². The van der Waals surface area contributed by atoms with Crippen LogP contribution in [0.4, 0.5) is 0 Å². The molecule has 0 atom stereocenters. The molecule has 4 rings (SSSR count). The van der Waals surface area contributed by atoms with E-state index >= 15 is 0 Å². The van der Waals surface area contributed by atoms with Crippen molar-refractivity contribution in [3.63, 3.8) is 0 Å². The number of nitrogens with one attached hydrogen (secondary N) is 1. The maximum Gasteiger partial charge on any atom is 0.273 e. The number of aromatic nitrogens is 3. The lowest BCUT2D eigenvalue weighted by molar-refractivity contribution is 0.0725. The van der Waals surface area contributed by atoms with Gasteiger partial charge >= 0.3 is 0 Å². The molecule has 2 aliphatic heterocycles. The maximum atomic E-state index is 12.9. The van der Waals surface area contributed by atoms with E-state index in [9.17, 15) is 4.79 Å². The molecule has 22 heavy (non-hydrogen) atoms. The number of fused-ring (bicyclic) bond motifs is 2. The predicted molar refractivity (Wildman–Crippen MR) is 80.1 cm³/mol. The Labute approximate surface area is 128 Å². The lowest BCUT2D eigenvalue weighted by Gasteiger charge is -2.29. The Morgan fingerprint density at radius 2 is 2.18 bits per heavy atom. The van der Waals surface area contributed by atoms with E-state index in [1.165, 1.54) is 5.56 Å². The summed E-state index contributed by atoms with van der Waals surface area (Å²) in [6.07, 6.45) is 6.85. The van der Waals surface area contributed by atoms with Gasteiger partial charge < -0.3 is 10.2 Å². The monoisotopic (exact) mass is 295 g/mol. The van der Waals surface area contributed by atoms with E-state index in [-0.39, 0.29) is 5.91 Å². The fourth-order valence-electron chi connectivity index (χ4n) is 3.17. The molecule has 2 aromatic rings. The Morgan fingerprint density at radius 1 is 1.23 bits per heavy atom. The number of carbonyl (C=O) groups excluding carboxylic acids is 1. The Balaban J connectivity index is 1.63. The van der Waals surface area contributed by atoms with Crippen molar-refractivity contribution in [2.24, 2.45) is 0 Å². The molecule has 0 bridgehead atoms. The van der Waals surface area contributed by atoms with Gasteiger partial charge in [-0.15, -0.1) is 0 Å². The average Bonchev–Trinajstić information content (AvgIpc) is 2.60. The van der Waals surface area contributed by atoms with Gasteiger partial charge in [0.15, 0.2) is 0 Å². The van der Waals surface area contributed by atoms with Crippen LogP contribution in [-0.4, -0.2) is 38.8 Å². The van der Waals surface area contributed by atoms with Gasteiger partial charge in [-0.3, -0.25) is 9.78 Å². The smallest absolute Gasteiger partial charge is 0.273 e. The summed E-state index contributed by atoms with van der Waals surface area (Å²) in [4.78, 5) is 27.4. The summed E-state index contributed by atoms with van der Waals surface area (Å²) in [6, 6.07) is 2.02. The Morgan fingerprint density at radius 3 is 3.14 bits per heavy atom. The third kappa shape index (κ3) is 2.25. The van der Waals surface area contributed by atoms with E-state index in [1.807, 2.05) is 11.0 Å². The third-order valence-corrected chi connectivity index (χ3v) is 4.38. The molecule has 0 saturated carbocycles. The summed E-state index contributed by atoms with van der Waals surface area (Å²) in [5.41, 5.74) is 4.95. The molecular formula is C16H17N5O. The fourth-order valence-corrected chi connectivity index (χ4v) is 3.17. The van der Waals surface area contributed by atoms with Gasteiger partial charge in [-0.1, -0.05) is 0 Å². The summed E-state index contributed by atoms with van der Waals surface area (Å²) in [7, 11) is 0. The fraction of sp³-hybridized carbons (Fsp3) is 0.375. The molecule has 0 radical (unpaired) electrons. The SMILES string of the molecule is O=C(c1nccc2c1CNCC2)N1CCc2ncncc2C1. The van der Waals surface area contributed by atoms with Crippen LogP contribution in [-0.2, 0) is 25.9 Å². The van der Waals surface area contributed by atoms with Gasteiger partial charge in [0.2, 0.25) is 0 Å². The summed E-state index contributed by atoms with van der Waals surface area (Å²) in [5, 5.41) is 3.32. The van der Waals surface area contributed by atoms with E-state index in [4.69, 9.17) is 0 Å². The largest absolute Gasteiger partial charge is 0.332 e.